The molecule has 0 rings (SSSR count). The van der Waals surface area contributed by atoms with Crippen LogP contribution in [0.5, 0.6) is 0 Å². The first-order valence-corrected chi connectivity index (χ1v) is 1.98. The molecule has 0 saturated carbocycles. The Hall–Kier alpha value is -0.570. The molecule has 0 aliphatic rings. The first-order valence-electron chi connectivity index (χ1n) is 1.98. The third kappa shape index (κ3) is 3.26. The molecule has 0 radical (unpaired) electrons. The highest BCUT2D eigenvalue weighted by Gasteiger charge is 1.81. The lowest BCUT2D eigenvalue weighted by atomic mass is 10.5. The molecule has 0 aliphatic carbocycles. The SMILES string of the molecule is CON=C(C)CO. The molecule has 0 atom stereocenters. The van der Waals surface area contributed by atoms with E-state index in [0.29, 0.717) is 5.71 Å². The van der Waals surface area contributed by atoms with Gasteiger partial charge in [0.1, 0.15) is 7.11 Å². The predicted octanol–water partition coefficient (Wildman–Crippen LogP) is 0.00100. The van der Waals surface area contributed by atoms with E-state index in [1.165, 1.54) is 7.11 Å². The topological polar surface area (TPSA) is 41.8 Å². The normalized spacial score (nSPS) is 11.6. The van der Waals surface area contributed by atoms with Crippen LogP contribution >= 0.6 is 0 Å². The smallest absolute Gasteiger partial charge is 0.106 e. The van der Waals surface area contributed by atoms with E-state index < -0.39 is 0 Å². The minimum absolute atomic E-state index is 0.0339. The number of rotatable bonds is 2. The minimum atomic E-state index is -0.0339. The van der Waals surface area contributed by atoms with E-state index in [1.54, 1.807) is 6.92 Å². The largest absolute Gasteiger partial charge is 0.399 e. The van der Waals surface area contributed by atoms with Gasteiger partial charge in [0.25, 0.3) is 0 Å². The van der Waals surface area contributed by atoms with Crippen molar-refractivity contribution in [2.75, 3.05) is 13.7 Å². The van der Waals surface area contributed by atoms with Crippen molar-refractivity contribution < 1.29 is 9.94 Å². The molecule has 3 nitrogen and oxygen atoms in total. The summed E-state index contributed by atoms with van der Waals surface area (Å²) in [5.41, 5.74) is 0.586. The molecular formula is C4H9NO2. The molecule has 7 heavy (non-hydrogen) atoms. The molecule has 0 amide bonds. The lowest BCUT2D eigenvalue weighted by Gasteiger charge is -1.88. The highest BCUT2D eigenvalue weighted by atomic mass is 16.6. The Morgan fingerprint density at radius 3 is 2.57 bits per heavy atom. The fraction of sp³-hybridized carbons (Fsp3) is 0.750. The van der Waals surface area contributed by atoms with Crippen molar-refractivity contribution in [1.82, 2.24) is 0 Å². The van der Waals surface area contributed by atoms with Gasteiger partial charge in [-0.3, -0.25) is 0 Å². The summed E-state index contributed by atoms with van der Waals surface area (Å²) in [6.07, 6.45) is 0. The van der Waals surface area contributed by atoms with Crippen LogP contribution in [0.1, 0.15) is 6.92 Å². The molecule has 42 valence electrons. The van der Waals surface area contributed by atoms with Gasteiger partial charge in [-0.15, -0.1) is 0 Å². The summed E-state index contributed by atoms with van der Waals surface area (Å²) < 4.78 is 0. The Kier molecular flexibility index (Phi) is 3.32. The Labute approximate surface area is 42.6 Å². The zero-order valence-corrected chi connectivity index (χ0v) is 4.51. The summed E-state index contributed by atoms with van der Waals surface area (Å²) >= 11 is 0. The summed E-state index contributed by atoms with van der Waals surface area (Å²) in [4.78, 5) is 4.32. The van der Waals surface area contributed by atoms with Crippen molar-refractivity contribution in [2.45, 2.75) is 6.92 Å². The molecule has 0 heterocycles. The highest BCUT2D eigenvalue weighted by Crippen LogP contribution is 1.72. The Balaban J connectivity index is 3.29. The van der Waals surface area contributed by atoms with Crippen LogP contribution in [0, 0.1) is 0 Å². The minimum Gasteiger partial charge on any atom is -0.399 e. The average Bonchev–Trinajstić information content (AvgIpc) is 1.68. The zero-order chi connectivity index (χ0) is 5.70. The summed E-state index contributed by atoms with van der Waals surface area (Å²) in [5.74, 6) is 0. The fourth-order valence-electron chi connectivity index (χ4n) is 0.185. The second kappa shape index (κ2) is 3.61. The summed E-state index contributed by atoms with van der Waals surface area (Å²) in [6.45, 7) is 1.65. The van der Waals surface area contributed by atoms with Gasteiger partial charge in [0, 0.05) is 0 Å². The molecule has 0 saturated heterocycles. The van der Waals surface area contributed by atoms with Crippen molar-refractivity contribution in [2.24, 2.45) is 5.16 Å². The molecule has 0 aromatic carbocycles. The average molecular weight is 103 g/mol. The van der Waals surface area contributed by atoms with Crippen molar-refractivity contribution in [3.8, 4) is 0 Å². The number of aliphatic hydroxyl groups is 1. The molecular weight excluding hydrogens is 94.0 g/mol. The van der Waals surface area contributed by atoms with E-state index in [4.69, 9.17) is 5.11 Å². The maximum absolute atomic E-state index is 8.26. The summed E-state index contributed by atoms with van der Waals surface area (Å²) in [6, 6.07) is 0. The van der Waals surface area contributed by atoms with Gasteiger partial charge >= 0.3 is 0 Å². The number of nitrogens with zero attached hydrogens (tertiary/aromatic N) is 1. The van der Waals surface area contributed by atoms with Gasteiger partial charge in [-0.05, 0) is 6.92 Å². The highest BCUT2D eigenvalue weighted by molar-refractivity contribution is 5.82. The maximum Gasteiger partial charge on any atom is 0.106 e. The van der Waals surface area contributed by atoms with Crippen molar-refractivity contribution in [1.29, 1.82) is 0 Å². The van der Waals surface area contributed by atoms with Crippen molar-refractivity contribution in [3.05, 3.63) is 0 Å². The van der Waals surface area contributed by atoms with E-state index in [1.807, 2.05) is 0 Å². The van der Waals surface area contributed by atoms with Gasteiger partial charge in [-0.25, -0.2) is 0 Å². The molecule has 0 aliphatic heterocycles. The Bertz CT molecular complexity index is 70.1. The first kappa shape index (κ1) is 6.43. The second-order valence-electron chi connectivity index (χ2n) is 1.17. The van der Waals surface area contributed by atoms with Gasteiger partial charge in [-0.2, -0.15) is 0 Å². The summed E-state index contributed by atoms with van der Waals surface area (Å²) in [5, 5.41) is 11.7. The molecule has 0 aromatic heterocycles. The second-order valence-corrected chi connectivity index (χ2v) is 1.17. The molecule has 1 N–H and O–H groups in total. The predicted molar refractivity (Wildman–Crippen MR) is 27.2 cm³/mol. The van der Waals surface area contributed by atoms with E-state index in [0.717, 1.165) is 0 Å². The van der Waals surface area contributed by atoms with Gasteiger partial charge in [-0.1, -0.05) is 5.16 Å². The monoisotopic (exact) mass is 103 g/mol. The Morgan fingerprint density at radius 1 is 1.86 bits per heavy atom. The van der Waals surface area contributed by atoms with Crippen LogP contribution in [0.3, 0.4) is 0 Å². The van der Waals surface area contributed by atoms with Crippen LogP contribution in [0.2, 0.25) is 0 Å². The third-order valence-electron chi connectivity index (χ3n) is 0.476. The number of aliphatic hydroxyl groups excluding tert-OH is 1. The molecule has 0 bridgehead atoms. The van der Waals surface area contributed by atoms with Crippen LogP contribution in [0.15, 0.2) is 5.16 Å². The Morgan fingerprint density at radius 2 is 2.43 bits per heavy atom. The van der Waals surface area contributed by atoms with E-state index >= 15 is 0 Å². The summed E-state index contributed by atoms with van der Waals surface area (Å²) in [7, 11) is 1.44. The lowest BCUT2D eigenvalue weighted by molar-refractivity contribution is 0.209. The van der Waals surface area contributed by atoms with E-state index in [2.05, 4.69) is 9.99 Å². The molecule has 3 heteroatoms. The van der Waals surface area contributed by atoms with E-state index in [-0.39, 0.29) is 6.61 Å². The molecule has 0 spiro atoms. The molecule has 0 fully saturated rings. The van der Waals surface area contributed by atoms with Gasteiger partial charge in [0.05, 0.1) is 12.3 Å². The van der Waals surface area contributed by atoms with Gasteiger partial charge in [0.15, 0.2) is 0 Å². The quantitative estimate of drug-likeness (QED) is 0.395. The van der Waals surface area contributed by atoms with Crippen LogP contribution in [-0.4, -0.2) is 24.5 Å². The van der Waals surface area contributed by atoms with Crippen molar-refractivity contribution in [3.63, 3.8) is 0 Å². The maximum atomic E-state index is 8.26. The first-order chi connectivity index (χ1) is 3.31. The molecule has 0 unspecified atom stereocenters. The number of hydrogen-bond donors (Lipinski definition) is 1. The standard InChI is InChI=1S/C4H9NO2/c1-4(3-6)5-7-2/h6H,3H2,1-2H3. The molecule has 0 aromatic rings. The third-order valence-corrected chi connectivity index (χ3v) is 0.476. The van der Waals surface area contributed by atoms with Crippen LogP contribution in [0.25, 0.3) is 0 Å². The van der Waals surface area contributed by atoms with E-state index in [9.17, 15) is 0 Å². The van der Waals surface area contributed by atoms with Crippen LogP contribution < -0.4 is 0 Å². The van der Waals surface area contributed by atoms with Gasteiger partial charge in [0.2, 0.25) is 0 Å². The van der Waals surface area contributed by atoms with Crippen LogP contribution in [-0.2, 0) is 4.84 Å². The number of oxime groups is 1. The van der Waals surface area contributed by atoms with Gasteiger partial charge < -0.3 is 9.94 Å². The van der Waals surface area contributed by atoms with Crippen molar-refractivity contribution >= 4 is 5.71 Å². The zero-order valence-electron chi connectivity index (χ0n) is 4.51. The lowest BCUT2D eigenvalue weighted by Crippen LogP contribution is -1.97. The number of hydrogen-bond acceptors (Lipinski definition) is 3. The van der Waals surface area contributed by atoms with Crippen LogP contribution in [0.4, 0.5) is 0 Å². The fourth-order valence-corrected chi connectivity index (χ4v) is 0.185.